The summed E-state index contributed by atoms with van der Waals surface area (Å²) in [4.78, 5) is 31.7. The van der Waals surface area contributed by atoms with Gasteiger partial charge in [-0.1, -0.05) is 18.2 Å². The topological polar surface area (TPSA) is 84.0 Å². The number of hydrogen-bond acceptors (Lipinski definition) is 5. The van der Waals surface area contributed by atoms with E-state index in [1.54, 1.807) is 25.8 Å². The lowest BCUT2D eigenvalue weighted by molar-refractivity contribution is 0.0723. The first-order valence-electron chi connectivity index (χ1n) is 9.39. The summed E-state index contributed by atoms with van der Waals surface area (Å²) in [5.41, 5.74) is 4.87. The Balaban J connectivity index is 1.54. The van der Waals surface area contributed by atoms with Gasteiger partial charge in [0.25, 0.3) is 5.91 Å². The number of fused-ring (bicyclic) bond motifs is 2. The number of imidazole rings is 1. The molecule has 7 heteroatoms. The summed E-state index contributed by atoms with van der Waals surface area (Å²) in [5.74, 6) is 0.682. The first kappa shape index (κ1) is 17.4. The van der Waals surface area contributed by atoms with Gasteiger partial charge < -0.3 is 14.6 Å². The number of nitrogens with zero attached hydrogens (tertiary/aromatic N) is 4. The molecule has 1 aliphatic rings. The van der Waals surface area contributed by atoms with Gasteiger partial charge in [0.1, 0.15) is 11.3 Å². The summed E-state index contributed by atoms with van der Waals surface area (Å²) in [6, 6.07) is 13.4. The number of nitrogens with one attached hydrogen (secondary N) is 1. The van der Waals surface area contributed by atoms with Crippen molar-refractivity contribution in [2.24, 2.45) is 0 Å². The van der Waals surface area contributed by atoms with E-state index in [2.05, 4.69) is 19.9 Å². The van der Waals surface area contributed by atoms with Gasteiger partial charge in [0.15, 0.2) is 0 Å². The molecule has 7 nitrogen and oxygen atoms in total. The number of methoxy groups -OCH3 is 1. The molecule has 0 aliphatic carbocycles. The van der Waals surface area contributed by atoms with E-state index in [0.717, 1.165) is 22.7 Å². The Hall–Kier alpha value is -3.74. The highest BCUT2D eigenvalue weighted by atomic mass is 16.5. The Bertz CT molecular complexity index is 1200. The third-order valence-corrected chi connectivity index (χ3v) is 5.35. The van der Waals surface area contributed by atoms with Gasteiger partial charge in [-0.2, -0.15) is 0 Å². The molecule has 5 rings (SSSR count). The molecule has 2 aromatic heterocycles. The number of hydrogen-bond donors (Lipinski definition) is 1. The first-order chi connectivity index (χ1) is 14.2. The minimum Gasteiger partial charge on any atom is -0.497 e. The molecule has 0 spiro atoms. The van der Waals surface area contributed by atoms with Crippen LogP contribution >= 0.6 is 0 Å². The molecule has 4 aromatic rings. The van der Waals surface area contributed by atoms with Crippen LogP contribution in [0.1, 0.15) is 33.2 Å². The standard InChI is InChI=1S/C22H19N5O2/c1-29-15-5-2-4-14(10-15)17-11-27(12-19-21(17)26-13-25-19)22(28)16-6-3-7-18-20(16)24-9-8-23-18/h2-10,13,17H,11-12H2,1H3,(H,25,26). The maximum atomic E-state index is 13.4. The largest absolute Gasteiger partial charge is 0.497 e. The second kappa shape index (κ2) is 7.01. The van der Waals surface area contributed by atoms with Crippen molar-refractivity contribution in [3.8, 4) is 5.75 Å². The van der Waals surface area contributed by atoms with Crippen molar-refractivity contribution in [1.29, 1.82) is 0 Å². The van der Waals surface area contributed by atoms with Crippen LogP contribution in [0.15, 0.2) is 61.2 Å². The summed E-state index contributed by atoms with van der Waals surface area (Å²) in [7, 11) is 1.65. The van der Waals surface area contributed by atoms with Gasteiger partial charge >= 0.3 is 0 Å². The molecule has 2 aromatic carbocycles. The molecule has 29 heavy (non-hydrogen) atoms. The SMILES string of the molecule is COc1cccc(C2CN(C(=O)c3cccc4nccnc34)Cc3[nH]cnc32)c1. The predicted molar refractivity (Wildman–Crippen MR) is 108 cm³/mol. The molecule has 1 aliphatic heterocycles. The number of carbonyl (C=O) groups is 1. The zero-order valence-electron chi connectivity index (χ0n) is 15.9. The smallest absolute Gasteiger partial charge is 0.256 e. The number of ether oxygens (including phenoxy) is 1. The molecule has 0 saturated heterocycles. The lowest BCUT2D eigenvalue weighted by atomic mass is 9.90. The van der Waals surface area contributed by atoms with Gasteiger partial charge in [-0.25, -0.2) is 4.98 Å². The van der Waals surface area contributed by atoms with Gasteiger partial charge in [-0.05, 0) is 29.8 Å². The minimum absolute atomic E-state index is 0.0369. The lowest BCUT2D eigenvalue weighted by Gasteiger charge is -2.32. The number of carbonyl (C=O) groups excluding carboxylic acids is 1. The van der Waals surface area contributed by atoms with E-state index in [-0.39, 0.29) is 11.8 Å². The van der Waals surface area contributed by atoms with E-state index in [1.807, 2.05) is 47.4 Å². The molecular formula is C22H19N5O2. The third-order valence-electron chi connectivity index (χ3n) is 5.35. The molecule has 3 heterocycles. The lowest BCUT2D eigenvalue weighted by Crippen LogP contribution is -2.39. The number of amides is 1. The highest BCUT2D eigenvalue weighted by molar-refractivity contribution is 6.04. The van der Waals surface area contributed by atoms with E-state index in [4.69, 9.17) is 4.74 Å². The van der Waals surface area contributed by atoms with Crippen LogP contribution < -0.4 is 4.74 Å². The van der Waals surface area contributed by atoms with Crippen LogP contribution in [0.4, 0.5) is 0 Å². The monoisotopic (exact) mass is 385 g/mol. The summed E-state index contributed by atoms with van der Waals surface area (Å²) in [6.07, 6.45) is 4.93. The van der Waals surface area contributed by atoms with E-state index < -0.39 is 0 Å². The van der Waals surface area contributed by atoms with E-state index in [1.165, 1.54) is 0 Å². The number of benzene rings is 2. The van der Waals surface area contributed by atoms with Gasteiger partial charge in [0.2, 0.25) is 0 Å². The Morgan fingerprint density at radius 2 is 2.00 bits per heavy atom. The number of rotatable bonds is 3. The van der Waals surface area contributed by atoms with Gasteiger partial charge in [-0.15, -0.1) is 0 Å². The zero-order valence-corrected chi connectivity index (χ0v) is 15.9. The Morgan fingerprint density at radius 3 is 2.90 bits per heavy atom. The fourth-order valence-electron chi connectivity index (χ4n) is 3.93. The summed E-state index contributed by atoms with van der Waals surface area (Å²) in [6.45, 7) is 1.01. The van der Waals surface area contributed by atoms with E-state index in [0.29, 0.717) is 29.7 Å². The fourth-order valence-corrected chi connectivity index (χ4v) is 3.93. The Kier molecular flexibility index (Phi) is 4.20. The van der Waals surface area contributed by atoms with Crippen LogP contribution in [0.5, 0.6) is 5.75 Å². The molecule has 144 valence electrons. The molecule has 1 atom stereocenters. The molecule has 0 bridgehead atoms. The number of para-hydroxylation sites is 1. The molecule has 1 amide bonds. The van der Waals surface area contributed by atoms with Crippen LogP contribution in [-0.4, -0.2) is 44.4 Å². The third kappa shape index (κ3) is 3.00. The van der Waals surface area contributed by atoms with Crippen LogP contribution in [0.3, 0.4) is 0 Å². The van der Waals surface area contributed by atoms with Crippen LogP contribution in [-0.2, 0) is 6.54 Å². The van der Waals surface area contributed by atoms with Crippen molar-refractivity contribution in [3.05, 3.63) is 83.7 Å². The summed E-state index contributed by atoms with van der Waals surface area (Å²) < 4.78 is 5.38. The van der Waals surface area contributed by atoms with Crippen molar-refractivity contribution < 1.29 is 9.53 Å². The zero-order chi connectivity index (χ0) is 19.8. The summed E-state index contributed by atoms with van der Waals surface area (Å²) >= 11 is 0. The normalized spacial score (nSPS) is 15.9. The molecular weight excluding hydrogens is 366 g/mol. The number of aromatic amines is 1. The van der Waals surface area contributed by atoms with Crippen molar-refractivity contribution in [1.82, 2.24) is 24.8 Å². The fraction of sp³-hybridized carbons (Fsp3) is 0.182. The highest BCUT2D eigenvalue weighted by Gasteiger charge is 2.32. The molecule has 0 radical (unpaired) electrons. The van der Waals surface area contributed by atoms with Crippen LogP contribution in [0.2, 0.25) is 0 Å². The van der Waals surface area contributed by atoms with Crippen molar-refractivity contribution >= 4 is 16.9 Å². The van der Waals surface area contributed by atoms with Gasteiger partial charge in [0.05, 0.1) is 42.4 Å². The second-order valence-electron chi connectivity index (χ2n) is 7.01. The predicted octanol–water partition coefficient (Wildman–Crippen LogP) is 3.15. The summed E-state index contributed by atoms with van der Waals surface area (Å²) in [5, 5.41) is 0. The first-order valence-corrected chi connectivity index (χ1v) is 9.39. The highest BCUT2D eigenvalue weighted by Crippen LogP contribution is 2.34. The second-order valence-corrected chi connectivity index (χ2v) is 7.01. The quantitative estimate of drug-likeness (QED) is 0.586. The Labute approximate surface area is 167 Å². The molecule has 1 N–H and O–H groups in total. The van der Waals surface area contributed by atoms with E-state index >= 15 is 0 Å². The van der Waals surface area contributed by atoms with Crippen molar-refractivity contribution in [2.45, 2.75) is 12.5 Å². The maximum Gasteiger partial charge on any atom is 0.256 e. The molecule has 0 saturated carbocycles. The van der Waals surface area contributed by atoms with Gasteiger partial charge in [0, 0.05) is 24.9 Å². The minimum atomic E-state index is -0.0655. The van der Waals surface area contributed by atoms with Crippen LogP contribution in [0, 0.1) is 0 Å². The molecule has 1 unspecified atom stereocenters. The van der Waals surface area contributed by atoms with Crippen molar-refractivity contribution in [2.75, 3.05) is 13.7 Å². The average molecular weight is 385 g/mol. The average Bonchev–Trinajstić information content (AvgIpc) is 3.26. The van der Waals surface area contributed by atoms with Crippen molar-refractivity contribution in [3.63, 3.8) is 0 Å². The molecule has 0 fully saturated rings. The van der Waals surface area contributed by atoms with Crippen LogP contribution in [0.25, 0.3) is 11.0 Å². The van der Waals surface area contributed by atoms with E-state index in [9.17, 15) is 4.79 Å². The van der Waals surface area contributed by atoms with Gasteiger partial charge in [-0.3, -0.25) is 14.8 Å². The maximum absolute atomic E-state index is 13.4. The Morgan fingerprint density at radius 1 is 1.14 bits per heavy atom. The number of aromatic nitrogens is 4. The number of H-pyrrole nitrogens is 1.